The number of hydrogen-bond donors (Lipinski definition) is 2. The van der Waals surface area contributed by atoms with Crippen LogP contribution in [0.15, 0.2) is 48.5 Å². The van der Waals surface area contributed by atoms with Crippen LogP contribution in [0.2, 0.25) is 0 Å². The van der Waals surface area contributed by atoms with Gasteiger partial charge >= 0.3 is 5.97 Å². The number of para-hydroxylation sites is 1. The van der Waals surface area contributed by atoms with Crippen molar-refractivity contribution in [3.05, 3.63) is 75.7 Å². The zero-order valence-corrected chi connectivity index (χ0v) is 23.3. The van der Waals surface area contributed by atoms with E-state index in [1.807, 2.05) is 24.3 Å². The molecule has 1 heterocycles. The van der Waals surface area contributed by atoms with Crippen LogP contribution in [0.5, 0.6) is 5.75 Å². The second-order valence-electron chi connectivity index (χ2n) is 10.6. The minimum Gasteiger partial charge on any atom is -0.497 e. The largest absolute Gasteiger partial charge is 0.497 e. The molecule has 4 rings (SSSR count). The van der Waals surface area contributed by atoms with E-state index >= 15 is 0 Å². The van der Waals surface area contributed by atoms with Gasteiger partial charge in [0.15, 0.2) is 0 Å². The quantitative estimate of drug-likeness (QED) is 0.356. The smallest absolute Gasteiger partial charge is 0.339 e. The van der Waals surface area contributed by atoms with Gasteiger partial charge in [-0.15, -0.1) is 11.3 Å². The van der Waals surface area contributed by atoms with Gasteiger partial charge < -0.3 is 20.1 Å². The number of hydrogen-bond acceptors (Lipinski definition) is 6. The number of benzene rings is 2. The molecule has 0 unspecified atom stereocenters. The van der Waals surface area contributed by atoms with E-state index in [2.05, 4.69) is 31.4 Å². The van der Waals surface area contributed by atoms with Crippen LogP contribution in [0, 0.1) is 11.3 Å². The van der Waals surface area contributed by atoms with Gasteiger partial charge in [0.25, 0.3) is 5.91 Å². The fourth-order valence-corrected chi connectivity index (χ4v) is 6.16. The molecule has 0 saturated heterocycles. The standard InChI is InChI=1S/C30H34N2O5S/c1-30(2,3)19-12-15-22-24(17-19)38-28(32-25(33)16-18-10-13-20(36-4)14-11-18)26(22)27(34)31-23-9-7-6-8-21(23)29(35)37-5/h6-11,13-14,19H,12,15-17H2,1-5H3,(H,31,34)(H,32,33)/t19-/m0/s1. The Labute approximate surface area is 227 Å². The molecule has 38 heavy (non-hydrogen) atoms. The van der Waals surface area contributed by atoms with Crippen LogP contribution in [0.4, 0.5) is 10.7 Å². The minimum atomic E-state index is -0.533. The highest BCUT2D eigenvalue weighted by molar-refractivity contribution is 7.17. The van der Waals surface area contributed by atoms with Crippen molar-refractivity contribution in [1.29, 1.82) is 0 Å². The normalized spacial score (nSPS) is 14.8. The summed E-state index contributed by atoms with van der Waals surface area (Å²) >= 11 is 1.48. The van der Waals surface area contributed by atoms with Crippen molar-refractivity contribution in [2.45, 2.75) is 46.5 Å². The van der Waals surface area contributed by atoms with Gasteiger partial charge in [-0.25, -0.2) is 4.79 Å². The Balaban J connectivity index is 1.64. The van der Waals surface area contributed by atoms with E-state index < -0.39 is 5.97 Å². The number of ether oxygens (including phenoxy) is 2. The molecule has 3 aromatic rings. The Morgan fingerprint density at radius 2 is 1.71 bits per heavy atom. The molecule has 1 aromatic heterocycles. The van der Waals surface area contributed by atoms with Crippen molar-refractivity contribution in [3.63, 3.8) is 0 Å². The van der Waals surface area contributed by atoms with E-state index in [4.69, 9.17) is 9.47 Å². The molecule has 0 aliphatic heterocycles. The summed E-state index contributed by atoms with van der Waals surface area (Å²) in [6.07, 6.45) is 2.75. The average molecular weight is 535 g/mol. The zero-order valence-electron chi connectivity index (χ0n) is 22.5. The van der Waals surface area contributed by atoms with E-state index in [-0.39, 0.29) is 29.2 Å². The summed E-state index contributed by atoms with van der Waals surface area (Å²) in [5.41, 5.74) is 3.06. The molecule has 7 nitrogen and oxygen atoms in total. The van der Waals surface area contributed by atoms with Crippen LogP contribution >= 0.6 is 11.3 Å². The first kappa shape index (κ1) is 27.4. The van der Waals surface area contributed by atoms with Gasteiger partial charge in [0, 0.05) is 4.88 Å². The van der Waals surface area contributed by atoms with Gasteiger partial charge in [-0.05, 0) is 66.0 Å². The summed E-state index contributed by atoms with van der Waals surface area (Å²) in [5.74, 6) is 0.111. The molecule has 1 aliphatic carbocycles. The van der Waals surface area contributed by atoms with Gasteiger partial charge in [-0.2, -0.15) is 0 Å². The number of carbonyl (C=O) groups is 3. The molecule has 0 spiro atoms. The average Bonchev–Trinajstić information content (AvgIpc) is 3.25. The number of anilines is 2. The van der Waals surface area contributed by atoms with Crippen LogP contribution in [-0.4, -0.2) is 32.0 Å². The van der Waals surface area contributed by atoms with Gasteiger partial charge in [0.2, 0.25) is 5.91 Å². The highest BCUT2D eigenvalue weighted by Gasteiger charge is 2.34. The first-order valence-corrected chi connectivity index (χ1v) is 13.5. The topological polar surface area (TPSA) is 93.7 Å². The SMILES string of the molecule is COC(=O)c1ccccc1NC(=O)c1c(NC(=O)Cc2ccc(OC)cc2)sc2c1CC[C@H](C(C)(C)C)C2. The van der Waals surface area contributed by atoms with Crippen molar-refractivity contribution in [3.8, 4) is 5.75 Å². The molecule has 0 fully saturated rings. The Morgan fingerprint density at radius 1 is 1.00 bits per heavy atom. The van der Waals surface area contributed by atoms with Gasteiger partial charge in [0.05, 0.1) is 37.5 Å². The molecule has 200 valence electrons. The number of rotatable bonds is 7. The van der Waals surface area contributed by atoms with E-state index in [9.17, 15) is 14.4 Å². The Kier molecular flexibility index (Phi) is 8.21. The summed E-state index contributed by atoms with van der Waals surface area (Å²) in [5, 5.41) is 6.45. The summed E-state index contributed by atoms with van der Waals surface area (Å²) in [6.45, 7) is 6.72. The second-order valence-corrected chi connectivity index (χ2v) is 11.7. The molecule has 2 amide bonds. The van der Waals surface area contributed by atoms with E-state index in [1.165, 1.54) is 18.4 Å². The number of carbonyl (C=O) groups excluding carboxylic acids is 3. The summed E-state index contributed by atoms with van der Waals surface area (Å²) in [7, 11) is 2.90. The van der Waals surface area contributed by atoms with E-state index in [0.29, 0.717) is 22.2 Å². The lowest BCUT2D eigenvalue weighted by molar-refractivity contribution is -0.115. The third-order valence-corrected chi connectivity index (χ3v) is 8.24. The van der Waals surface area contributed by atoms with E-state index in [1.54, 1.807) is 31.4 Å². The van der Waals surface area contributed by atoms with Crippen molar-refractivity contribution in [2.24, 2.45) is 11.3 Å². The van der Waals surface area contributed by atoms with Crippen molar-refractivity contribution >= 4 is 39.8 Å². The first-order chi connectivity index (χ1) is 18.1. The molecule has 0 radical (unpaired) electrons. The summed E-state index contributed by atoms with van der Waals surface area (Å²) in [4.78, 5) is 40.1. The molecule has 0 bridgehead atoms. The minimum absolute atomic E-state index is 0.140. The zero-order chi connectivity index (χ0) is 27.4. The lowest BCUT2D eigenvalue weighted by atomic mass is 9.72. The van der Waals surface area contributed by atoms with Gasteiger partial charge in [0.1, 0.15) is 10.8 Å². The van der Waals surface area contributed by atoms with Crippen LogP contribution in [0.1, 0.15) is 63.9 Å². The molecular weight excluding hydrogens is 500 g/mol. The second kappa shape index (κ2) is 11.4. The number of amides is 2. The fraction of sp³-hybridized carbons (Fsp3) is 0.367. The molecule has 2 N–H and O–H groups in total. The van der Waals surface area contributed by atoms with Crippen LogP contribution < -0.4 is 15.4 Å². The molecular formula is C30H34N2O5S. The lowest BCUT2D eigenvalue weighted by Crippen LogP contribution is -2.27. The Hall–Kier alpha value is -3.65. The number of thiophene rings is 1. The Bertz CT molecular complexity index is 1340. The van der Waals surface area contributed by atoms with Gasteiger partial charge in [-0.3, -0.25) is 9.59 Å². The molecule has 0 saturated carbocycles. The van der Waals surface area contributed by atoms with Crippen molar-refractivity contribution < 1.29 is 23.9 Å². The predicted molar refractivity (Wildman–Crippen MR) is 150 cm³/mol. The summed E-state index contributed by atoms with van der Waals surface area (Å²) in [6, 6.07) is 14.1. The number of methoxy groups -OCH3 is 2. The van der Waals surface area contributed by atoms with Crippen LogP contribution in [0.25, 0.3) is 0 Å². The molecule has 8 heteroatoms. The van der Waals surface area contributed by atoms with Crippen LogP contribution in [0.3, 0.4) is 0 Å². The predicted octanol–water partition coefficient (Wildman–Crippen LogP) is 6.13. The maximum atomic E-state index is 13.7. The van der Waals surface area contributed by atoms with Gasteiger partial charge in [-0.1, -0.05) is 45.0 Å². The third-order valence-electron chi connectivity index (χ3n) is 7.07. The number of fused-ring (bicyclic) bond motifs is 1. The first-order valence-electron chi connectivity index (χ1n) is 12.7. The van der Waals surface area contributed by atoms with Crippen molar-refractivity contribution in [1.82, 2.24) is 0 Å². The monoisotopic (exact) mass is 534 g/mol. The highest BCUT2D eigenvalue weighted by atomic mass is 32.1. The molecule has 1 atom stereocenters. The molecule has 2 aromatic carbocycles. The highest BCUT2D eigenvalue weighted by Crippen LogP contribution is 2.44. The fourth-order valence-electron chi connectivity index (χ4n) is 4.82. The Morgan fingerprint density at radius 3 is 2.37 bits per heavy atom. The third kappa shape index (κ3) is 6.07. The summed E-state index contributed by atoms with van der Waals surface area (Å²) < 4.78 is 10.1. The van der Waals surface area contributed by atoms with Crippen molar-refractivity contribution in [2.75, 3.05) is 24.9 Å². The lowest BCUT2D eigenvalue weighted by Gasteiger charge is -2.33. The maximum absolute atomic E-state index is 13.7. The maximum Gasteiger partial charge on any atom is 0.339 e. The van der Waals surface area contributed by atoms with E-state index in [0.717, 1.165) is 41.0 Å². The number of esters is 1. The number of nitrogens with one attached hydrogen (secondary N) is 2. The van der Waals surface area contributed by atoms with Crippen LogP contribution in [-0.2, 0) is 28.8 Å². The molecule has 1 aliphatic rings.